The fourth-order valence-corrected chi connectivity index (χ4v) is 2.95. The van der Waals surface area contributed by atoms with E-state index in [-0.39, 0.29) is 12.6 Å². The SMILES string of the molecule is Cc1cc([C@](C)(O)CNC(=O)Nc2ccc3c(c2)CCO3)c(C)o1. The fraction of sp³-hybridized carbons (Fsp3) is 0.389. The van der Waals surface area contributed by atoms with E-state index >= 15 is 0 Å². The maximum Gasteiger partial charge on any atom is 0.319 e. The maximum atomic E-state index is 12.1. The van der Waals surface area contributed by atoms with Gasteiger partial charge < -0.3 is 24.9 Å². The Morgan fingerprint density at radius 3 is 2.83 bits per heavy atom. The minimum atomic E-state index is -1.20. The molecule has 1 aromatic heterocycles. The van der Waals surface area contributed by atoms with Gasteiger partial charge in [0.2, 0.25) is 0 Å². The number of aliphatic hydroxyl groups is 1. The van der Waals surface area contributed by atoms with Gasteiger partial charge in [0.1, 0.15) is 22.9 Å². The molecule has 128 valence electrons. The first-order chi connectivity index (χ1) is 11.3. The zero-order chi connectivity index (χ0) is 17.3. The van der Waals surface area contributed by atoms with Crippen LogP contribution in [-0.2, 0) is 12.0 Å². The zero-order valence-electron chi connectivity index (χ0n) is 14.1. The predicted molar refractivity (Wildman–Crippen MR) is 90.4 cm³/mol. The first-order valence-electron chi connectivity index (χ1n) is 7.95. The number of rotatable bonds is 4. The molecule has 6 nitrogen and oxygen atoms in total. The Morgan fingerprint density at radius 1 is 1.33 bits per heavy atom. The highest BCUT2D eigenvalue weighted by Gasteiger charge is 2.28. The summed E-state index contributed by atoms with van der Waals surface area (Å²) in [5, 5.41) is 16.1. The van der Waals surface area contributed by atoms with Crippen molar-refractivity contribution >= 4 is 11.7 Å². The minimum absolute atomic E-state index is 0.0761. The number of carbonyl (C=O) groups excluding carboxylic acids is 1. The van der Waals surface area contributed by atoms with Gasteiger partial charge in [0.05, 0.1) is 13.2 Å². The summed E-state index contributed by atoms with van der Waals surface area (Å²) in [7, 11) is 0. The second kappa shape index (κ2) is 6.20. The second-order valence-corrected chi connectivity index (χ2v) is 6.33. The van der Waals surface area contributed by atoms with Gasteiger partial charge in [0, 0.05) is 17.7 Å². The fourth-order valence-electron chi connectivity index (χ4n) is 2.95. The van der Waals surface area contributed by atoms with Gasteiger partial charge in [-0.1, -0.05) is 0 Å². The number of fused-ring (bicyclic) bond motifs is 1. The molecule has 2 amide bonds. The van der Waals surface area contributed by atoms with E-state index in [0.717, 1.165) is 23.5 Å². The molecule has 0 spiro atoms. The summed E-state index contributed by atoms with van der Waals surface area (Å²) in [4.78, 5) is 12.1. The number of carbonyl (C=O) groups is 1. The summed E-state index contributed by atoms with van der Waals surface area (Å²) in [6.45, 7) is 6.02. The van der Waals surface area contributed by atoms with Crippen molar-refractivity contribution in [3.8, 4) is 5.75 Å². The van der Waals surface area contributed by atoms with E-state index in [1.54, 1.807) is 26.0 Å². The molecule has 0 aliphatic carbocycles. The molecule has 3 rings (SSSR count). The highest BCUT2D eigenvalue weighted by atomic mass is 16.5. The Morgan fingerprint density at radius 2 is 2.12 bits per heavy atom. The molecule has 0 saturated carbocycles. The van der Waals surface area contributed by atoms with Crippen molar-refractivity contribution in [2.45, 2.75) is 32.8 Å². The van der Waals surface area contributed by atoms with E-state index in [9.17, 15) is 9.90 Å². The number of hydrogen-bond acceptors (Lipinski definition) is 4. The molecule has 0 saturated heterocycles. The van der Waals surface area contributed by atoms with E-state index in [2.05, 4.69) is 10.6 Å². The van der Waals surface area contributed by atoms with E-state index in [1.807, 2.05) is 19.1 Å². The standard InChI is InChI=1S/C18H22N2O4/c1-11-8-15(12(2)24-11)18(3,22)10-19-17(21)20-14-4-5-16-13(9-14)6-7-23-16/h4-5,8-9,22H,6-7,10H2,1-3H3,(H2,19,20,21)/t18-/m1/s1. The predicted octanol–water partition coefficient (Wildman–Crippen LogP) is 2.86. The highest BCUT2D eigenvalue weighted by molar-refractivity contribution is 5.89. The number of ether oxygens (including phenoxy) is 1. The van der Waals surface area contributed by atoms with Crippen molar-refractivity contribution in [3.63, 3.8) is 0 Å². The molecule has 0 radical (unpaired) electrons. The van der Waals surface area contributed by atoms with Gasteiger partial charge >= 0.3 is 6.03 Å². The van der Waals surface area contributed by atoms with Crippen LogP contribution < -0.4 is 15.4 Å². The highest BCUT2D eigenvalue weighted by Crippen LogP contribution is 2.28. The minimum Gasteiger partial charge on any atom is -0.493 e. The van der Waals surface area contributed by atoms with Gasteiger partial charge in [0.25, 0.3) is 0 Å². The number of furan rings is 1. The quantitative estimate of drug-likeness (QED) is 0.805. The van der Waals surface area contributed by atoms with Gasteiger partial charge in [0.15, 0.2) is 0 Å². The van der Waals surface area contributed by atoms with Crippen LogP contribution in [0.5, 0.6) is 5.75 Å². The topological polar surface area (TPSA) is 83.7 Å². The van der Waals surface area contributed by atoms with Crippen LogP contribution in [0.2, 0.25) is 0 Å². The molecule has 24 heavy (non-hydrogen) atoms. The maximum absolute atomic E-state index is 12.1. The third-order valence-electron chi connectivity index (χ3n) is 4.16. The second-order valence-electron chi connectivity index (χ2n) is 6.33. The molecule has 6 heteroatoms. The lowest BCUT2D eigenvalue weighted by Crippen LogP contribution is -2.40. The molecule has 3 N–H and O–H groups in total. The van der Waals surface area contributed by atoms with Crippen LogP contribution in [0.15, 0.2) is 28.7 Å². The van der Waals surface area contributed by atoms with Crippen molar-refractivity contribution in [2.24, 2.45) is 0 Å². The first kappa shape index (κ1) is 16.4. The van der Waals surface area contributed by atoms with E-state index in [4.69, 9.17) is 9.15 Å². The Balaban J connectivity index is 1.60. The van der Waals surface area contributed by atoms with Gasteiger partial charge in [-0.3, -0.25) is 0 Å². The lowest BCUT2D eigenvalue weighted by atomic mass is 9.96. The summed E-state index contributed by atoms with van der Waals surface area (Å²) in [6, 6.07) is 6.97. The third-order valence-corrected chi connectivity index (χ3v) is 4.16. The average molecular weight is 330 g/mol. The Bertz CT molecular complexity index is 764. The Kier molecular flexibility index (Phi) is 4.24. The van der Waals surface area contributed by atoms with E-state index < -0.39 is 5.60 Å². The molecule has 1 aliphatic rings. The van der Waals surface area contributed by atoms with Crippen LogP contribution in [0, 0.1) is 13.8 Å². The Hall–Kier alpha value is -2.47. The number of benzene rings is 1. The molecule has 1 aromatic carbocycles. The molecule has 0 fully saturated rings. The third kappa shape index (κ3) is 3.38. The zero-order valence-corrected chi connectivity index (χ0v) is 14.1. The molecule has 0 unspecified atom stereocenters. The molecule has 0 bridgehead atoms. The number of amides is 2. The lowest BCUT2D eigenvalue weighted by molar-refractivity contribution is 0.0584. The number of aryl methyl sites for hydroxylation is 2. The summed E-state index contributed by atoms with van der Waals surface area (Å²) in [5.41, 5.74) is 1.26. The Labute approximate surface area is 140 Å². The van der Waals surface area contributed by atoms with Crippen molar-refractivity contribution in [3.05, 3.63) is 46.9 Å². The number of anilines is 1. The largest absolute Gasteiger partial charge is 0.493 e. The van der Waals surface area contributed by atoms with Crippen LogP contribution in [-0.4, -0.2) is 24.3 Å². The summed E-state index contributed by atoms with van der Waals surface area (Å²) in [6.07, 6.45) is 0.848. The van der Waals surface area contributed by atoms with Gasteiger partial charge in [-0.25, -0.2) is 4.79 Å². The summed E-state index contributed by atoms with van der Waals surface area (Å²) in [5.74, 6) is 2.25. The van der Waals surface area contributed by atoms with Crippen molar-refractivity contribution in [1.29, 1.82) is 0 Å². The monoisotopic (exact) mass is 330 g/mol. The molecule has 1 atom stereocenters. The van der Waals surface area contributed by atoms with Gasteiger partial charge in [-0.15, -0.1) is 0 Å². The number of hydrogen-bond donors (Lipinski definition) is 3. The molecular formula is C18H22N2O4. The van der Waals surface area contributed by atoms with E-state index in [0.29, 0.717) is 23.6 Å². The molecule has 2 heterocycles. The van der Waals surface area contributed by atoms with Crippen molar-refractivity contribution in [1.82, 2.24) is 5.32 Å². The lowest BCUT2D eigenvalue weighted by Gasteiger charge is -2.23. The van der Waals surface area contributed by atoms with Crippen LogP contribution in [0.4, 0.5) is 10.5 Å². The summed E-state index contributed by atoms with van der Waals surface area (Å²) < 4.78 is 10.9. The first-order valence-corrected chi connectivity index (χ1v) is 7.95. The van der Waals surface area contributed by atoms with Crippen LogP contribution in [0.25, 0.3) is 0 Å². The van der Waals surface area contributed by atoms with Gasteiger partial charge in [-0.2, -0.15) is 0 Å². The number of urea groups is 1. The van der Waals surface area contributed by atoms with Crippen LogP contribution in [0.1, 0.15) is 29.6 Å². The molecular weight excluding hydrogens is 308 g/mol. The van der Waals surface area contributed by atoms with Crippen LogP contribution in [0.3, 0.4) is 0 Å². The smallest absolute Gasteiger partial charge is 0.319 e. The number of nitrogens with one attached hydrogen (secondary N) is 2. The molecule has 1 aliphatic heterocycles. The van der Waals surface area contributed by atoms with Crippen LogP contribution >= 0.6 is 0 Å². The molecule has 2 aromatic rings. The summed E-state index contributed by atoms with van der Waals surface area (Å²) >= 11 is 0. The van der Waals surface area contributed by atoms with Crippen molar-refractivity contribution < 1.29 is 19.1 Å². The normalized spacial score (nSPS) is 15.3. The van der Waals surface area contributed by atoms with Crippen molar-refractivity contribution in [2.75, 3.05) is 18.5 Å². The average Bonchev–Trinajstić information content (AvgIpc) is 3.11. The van der Waals surface area contributed by atoms with E-state index in [1.165, 1.54) is 0 Å². The van der Waals surface area contributed by atoms with Gasteiger partial charge in [-0.05, 0) is 50.6 Å².